The second-order valence-electron chi connectivity index (χ2n) is 9.71. The zero-order valence-electron chi connectivity index (χ0n) is 22.0. The van der Waals surface area contributed by atoms with E-state index in [4.69, 9.17) is 15.2 Å². The lowest BCUT2D eigenvalue weighted by Crippen LogP contribution is -2.43. The molecule has 36 heavy (non-hydrogen) atoms. The first-order valence-electron chi connectivity index (χ1n) is 12.3. The molecule has 9 heteroatoms. The van der Waals surface area contributed by atoms with Gasteiger partial charge < -0.3 is 30.3 Å². The van der Waals surface area contributed by atoms with Gasteiger partial charge in [0.25, 0.3) is 0 Å². The third-order valence-corrected chi connectivity index (χ3v) is 6.55. The van der Waals surface area contributed by atoms with E-state index in [-0.39, 0.29) is 18.2 Å². The molecule has 0 unspecified atom stereocenters. The van der Waals surface area contributed by atoms with Crippen molar-refractivity contribution in [2.45, 2.75) is 46.2 Å². The highest BCUT2D eigenvalue weighted by atomic mass is 16.6. The number of nitrogens with two attached hydrogens (primary N) is 1. The smallest absolute Gasteiger partial charge is 0.415 e. The summed E-state index contributed by atoms with van der Waals surface area (Å²) in [5, 5.41) is 4.23. The van der Waals surface area contributed by atoms with Crippen LogP contribution in [0.4, 0.5) is 16.3 Å². The van der Waals surface area contributed by atoms with Crippen LogP contribution in [0.5, 0.6) is 11.5 Å². The number of hydrogen-bond donors (Lipinski definition) is 2. The van der Waals surface area contributed by atoms with E-state index in [1.54, 1.807) is 24.1 Å². The highest BCUT2D eigenvalue weighted by molar-refractivity contribution is 5.92. The van der Waals surface area contributed by atoms with Gasteiger partial charge in [-0.1, -0.05) is 6.07 Å². The van der Waals surface area contributed by atoms with Gasteiger partial charge in [-0.3, -0.25) is 0 Å². The maximum absolute atomic E-state index is 13.2. The number of benzene rings is 2. The number of hydrogen-bond acceptors (Lipinski definition) is 8. The summed E-state index contributed by atoms with van der Waals surface area (Å²) >= 11 is 0. The maximum Gasteiger partial charge on any atom is 0.415 e. The minimum atomic E-state index is -0.387. The third-order valence-electron chi connectivity index (χ3n) is 6.55. The van der Waals surface area contributed by atoms with Crippen LogP contribution in [0, 0.1) is 13.8 Å². The molecule has 1 saturated heterocycles. The number of carbonyl (C=O) groups is 1. The van der Waals surface area contributed by atoms with Gasteiger partial charge in [0.1, 0.15) is 11.6 Å². The standard InChI is InChI=1S/C27H36N6O3/c1-16-10-20(12-21(28)11-16)18(3)29-26-22-13-25(24(35-6)14-23(22)30-19(4)31-26)36-27(34)33-9-7-8-32(5)15-17(33)2/h10-14,17-18H,7-9,15,28H2,1-6H3,(H,29,30,31)/t17-,18+/m0/s1. The molecule has 1 amide bonds. The Hall–Kier alpha value is -3.59. The SMILES string of the molecule is COc1cc2nc(C)nc(N[C@H](C)c3cc(C)cc(N)c3)c2cc1OC(=O)N1CCCN(C)C[C@@H]1C. The van der Waals surface area contributed by atoms with E-state index in [0.29, 0.717) is 35.2 Å². The molecule has 4 rings (SSSR count). The maximum atomic E-state index is 13.2. The van der Waals surface area contributed by atoms with E-state index in [2.05, 4.69) is 40.2 Å². The fraction of sp³-hybridized carbons (Fsp3) is 0.444. The Kier molecular flexibility index (Phi) is 7.49. The van der Waals surface area contributed by atoms with Crippen LogP contribution < -0.4 is 20.5 Å². The van der Waals surface area contributed by atoms with Crippen LogP contribution >= 0.6 is 0 Å². The molecule has 3 N–H and O–H groups in total. The molecule has 0 aliphatic carbocycles. The Bertz CT molecular complexity index is 1240. The number of fused-ring (bicyclic) bond motifs is 1. The first kappa shape index (κ1) is 25.5. The van der Waals surface area contributed by atoms with Gasteiger partial charge in [0, 0.05) is 36.3 Å². The number of carbonyl (C=O) groups excluding carboxylic acids is 1. The van der Waals surface area contributed by atoms with E-state index in [0.717, 1.165) is 41.7 Å². The molecule has 2 heterocycles. The Morgan fingerprint density at radius 2 is 1.92 bits per heavy atom. The highest BCUT2D eigenvalue weighted by Gasteiger charge is 2.27. The Labute approximate surface area is 212 Å². The molecule has 1 aromatic heterocycles. The molecule has 0 spiro atoms. The van der Waals surface area contributed by atoms with Crippen LogP contribution in [0.2, 0.25) is 0 Å². The number of likely N-dealkylation sites (N-methyl/N-ethyl adjacent to an activating group) is 1. The topological polar surface area (TPSA) is 106 Å². The fourth-order valence-corrected chi connectivity index (χ4v) is 4.78. The van der Waals surface area contributed by atoms with E-state index in [9.17, 15) is 4.79 Å². The summed E-state index contributed by atoms with van der Waals surface area (Å²) in [6.45, 7) is 10.4. The normalized spacial score (nSPS) is 17.5. The molecule has 1 aliphatic rings. The zero-order valence-corrected chi connectivity index (χ0v) is 22.0. The highest BCUT2D eigenvalue weighted by Crippen LogP contribution is 2.36. The molecule has 192 valence electrons. The molecule has 0 saturated carbocycles. The van der Waals surface area contributed by atoms with Crippen molar-refractivity contribution in [1.29, 1.82) is 0 Å². The molecule has 0 radical (unpaired) electrons. The minimum absolute atomic E-state index is 0.0438. The number of ether oxygens (including phenoxy) is 2. The quantitative estimate of drug-likeness (QED) is 0.500. The fourth-order valence-electron chi connectivity index (χ4n) is 4.78. The van der Waals surface area contributed by atoms with Gasteiger partial charge in [-0.05, 0) is 77.0 Å². The predicted octanol–water partition coefficient (Wildman–Crippen LogP) is 4.54. The molecule has 0 bridgehead atoms. The summed E-state index contributed by atoms with van der Waals surface area (Å²) in [6, 6.07) is 9.54. The molecule has 2 aromatic carbocycles. The Balaban J connectivity index is 1.67. The number of methoxy groups -OCH3 is 1. The van der Waals surface area contributed by atoms with Gasteiger partial charge in [-0.25, -0.2) is 14.8 Å². The van der Waals surface area contributed by atoms with Crippen LogP contribution in [0.1, 0.15) is 43.3 Å². The van der Waals surface area contributed by atoms with Gasteiger partial charge in [0.2, 0.25) is 0 Å². The Morgan fingerprint density at radius 3 is 2.64 bits per heavy atom. The number of nitrogens with zero attached hydrogens (tertiary/aromatic N) is 4. The number of rotatable bonds is 5. The molecule has 9 nitrogen and oxygen atoms in total. The van der Waals surface area contributed by atoms with Gasteiger partial charge in [0.05, 0.1) is 18.7 Å². The van der Waals surface area contributed by atoms with Gasteiger partial charge in [-0.2, -0.15) is 0 Å². The summed E-state index contributed by atoms with van der Waals surface area (Å²) in [4.78, 5) is 26.4. The molecular weight excluding hydrogens is 456 g/mol. The van der Waals surface area contributed by atoms with Crippen molar-refractivity contribution in [3.63, 3.8) is 0 Å². The summed E-state index contributed by atoms with van der Waals surface area (Å²) in [7, 11) is 3.62. The van der Waals surface area contributed by atoms with Crippen molar-refractivity contribution < 1.29 is 14.3 Å². The average Bonchev–Trinajstić information content (AvgIpc) is 2.97. The first-order chi connectivity index (χ1) is 17.1. The Morgan fingerprint density at radius 1 is 1.14 bits per heavy atom. The lowest BCUT2D eigenvalue weighted by molar-refractivity contribution is 0.134. The molecule has 3 aromatic rings. The van der Waals surface area contributed by atoms with Crippen LogP contribution in [0.25, 0.3) is 10.9 Å². The van der Waals surface area contributed by atoms with Gasteiger partial charge in [0.15, 0.2) is 11.5 Å². The first-order valence-corrected chi connectivity index (χ1v) is 12.3. The number of nitrogen functional groups attached to an aromatic ring is 1. The van der Waals surface area contributed by atoms with E-state index in [1.807, 2.05) is 32.9 Å². The van der Waals surface area contributed by atoms with E-state index < -0.39 is 0 Å². The van der Waals surface area contributed by atoms with Crippen molar-refractivity contribution in [2.75, 3.05) is 44.8 Å². The number of aryl methyl sites for hydroxylation is 2. The zero-order chi connectivity index (χ0) is 26.0. The van der Waals surface area contributed by atoms with Crippen LogP contribution in [0.15, 0.2) is 30.3 Å². The van der Waals surface area contributed by atoms with Crippen molar-refractivity contribution >= 4 is 28.5 Å². The van der Waals surface area contributed by atoms with Crippen molar-refractivity contribution in [2.24, 2.45) is 0 Å². The number of aromatic nitrogens is 2. The monoisotopic (exact) mass is 492 g/mol. The molecule has 1 fully saturated rings. The second kappa shape index (κ2) is 10.6. The average molecular weight is 493 g/mol. The third kappa shape index (κ3) is 5.62. The van der Waals surface area contributed by atoms with Crippen molar-refractivity contribution in [1.82, 2.24) is 19.8 Å². The second-order valence-corrected chi connectivity index (χ2v) is 9.71. The van der Waals surface area contributed by atoms with Crippen LogP contribution in [0.3, 0.4) is 0 Å². The number of amides is 1. The summed E-state index contributed by atoms with van der Waals surface area (Å²) < 4.78 is 11.5. The number of anilines is 2. The van der Waals surface area contributed by atoms with Crippen molar-refractivity contribution in [3.8, 4) is 11.5 Å². The number of nitrogens with one attached hydrogen (secondary N) is 1. The lowest BCUT2D eigenvalue weighted by atomic mass is 10.0. The minimum Gasteiger partial charge on any atom is -0.493 e. The lowest BCUT2D eigenvalue weighted by Gasteiger charge is -2.27. The molecule has 1 aliphatic heterocycles. The summed E-state index contributed by atoms with van der Waals surface area (Å²) in [6.07, 6.45) is 0.509. The van der Waals surface area contributed by atoms with E-state index >= 15 is 0 Å². The van der Waals surface area contributed by atoms with Crippen molar-refractivity contribution in [3.05, 3.63) is 47.3 Å². The predicted molar refractivity (Wildman–Crippen MR) is 143 cm³/mol. The largest absolute Gasteiger partial charge is 0.493 e. The van der Waals surface area contributed by atoms with Crippen LogP contribution in [-0.4, -0.2) is 65.7 Å². The van der Waals surface area contributed by atoms with Gasteiger partial charge >= 0.3 is 6.09 Å². The van der Waals surface area contributed by atoms with E-state index in [1.165, 1.54) is 0 Å². The van der Waals surface area contributed by atoms with Crippen LogP contribution in [-0.2, 0) is 0 Å². The molecule has 2 atom stereocenters. The summed E-state index contributed by atoms with van der Waals surface area (Å²) in [5.74, 6) is 2.05. The summed E-state index contributed by atoms with van der Waals surface area (Å²) in [5.41, 5.74) is 9.63. The molecular formula is C27H36N6O3. The van der Waals surface area contributed by atoms with Gasteiger partial charge in [-0.15, -0.1) is 0 Å².